The topological polar surface area (TPSA) is 52.6 Å². The number of unbranched alkanes of at least 4 members (excludes halogenated alkanes) is 2. The van der Waals surface area contributed by atoms with Gasteiger partial charge in [-0.2, -0.15) is 0 Å². The number of esters is 2. The second-order valence-electron chi connectivity index (χ2n) is 7.04. The molecule has 0 aromatic heterocycles. The molecule has 154 valence electrons. The van der Waals surface area contributed by atoms with E-state index in [1.54, 1.807) is 42.5 Å². The molecule has 0 fully saturated rings. The third-order valence-corrected chi connectivity index (χ3v) is 4.65. The number of carbonyl (C=O) groups is 2. The van der Waals surface area contributed by atoms with Gasteiger partial charge in [0.15, 0.2) is 0 Å². The van der Waals surface area contributed by atoms with E-state index in [1.807, 2.05) is 24.3 Å². The van der Waals surface area contributed by atoms with Crippen molar-refractivity contribution in [1.82, 2.24) is 0 Å². The Balaban J connectivity index is 2.04. The van der Waals surface area contributed by atoms with Crippen molar-refractivity contribution < 1.29 is 19.1 Å². The highest BCUT2D eigenvalue weighted by molar-refractivity contribution is 5.90. The highest BCUT2D eigenvalue weighted by atomic mass is 16.6. The lowest BCUT2D eigenvalue weighted by Crippen LogP contribution is -2.27. The molecule has 0 heterocycles. The lowest BCUT2D eigenvalue weighted by molar-refractivity contribution is -0.00195. The molecule has 0 saturated heterocycles. The van der Waals surface area contributed by atoms with E-state index in [0.29, 0.717) is 24.0 Å². The highest BCUT2D eigenvalue weighted by Crippen LogP contribution is 2.19. The van der Waals surface area contributed by atoms with Crippen LogP contribution in [-0.4, -0.2) is 24.1 Å². The van der Waals surface area contributed by atoms with Crippen LogP contribution in [0.1, 0.15) is 66.2 Å². The van der Waals surface area contributed by atoms with Crippen LogP contribution in [0, 0.1) is 0 Å². The van der Waals surface area contributed by atoms with Crippen molar-refractivity contribution >= 4 is 11.9 Å². The van der Waals surface area contributed by atoms with Gasteiger partial charge in [0.05, 0.1) is 11.1 Å². The second-order valence-corrected chi connectivity index (χ2v) is 7.04. The molecule has 2 rings (SSSR count). The van der Waals surface area contributed by atoms with Crippen LogP contribution in [0.15, 0.2) is 73.3 Å². The molecule has 2 atom stereocenters. The highest BCUT2D eigenvalue weighted by Gasteiger charge is 2.23. The molecule has 0 saturated carbocycles. The summed E-state index contributed by atoms with van der Waals surface area (Å²) in [6.07, 6.45) is 5.81. The Labute approximate surface area is 173 Å². The summed E-state index contributed by atoms with van der Waals surface area (Å²) in [4.78, 5) is 25.0. The molecule has 0 radical (unpaired) electrons. The Hall–Kier alpha value is -2.88. The maximum atomic E-state index is 12.5. The van der Waals surface area contributed by atoms with E-state index in [4.69, 9.17) is 9.47 Å². The minimum atomic E-state index is -0.393. The standard InChI is InChI=1S/C25H30O4/c1-3-5-8-18-23(29-25(27)21-16-11-7-12-17-21)19-22(13-4-2)28-24(26)20-14-9-6-10-15-20/h4,6-7,9-12,14-17,22-23H,2-3,5,8,13,18-19H2,1H3. The Morgan fingerprint density at radius 3 is 1.86 bits per heavy atom. The predicted molar refractivity (Wildman–Crippen MR) is 115 cm³/mol. The first-order chi connectivity index (χ1) is 14.1. The summed E-state index contributed by atoms with van der Waals surface area (Å²) in [6.45, 7) is 5.90. The smallest absolute Gasteiger partial charge is 0.338 e. The average molecular weight is 395 g/mol. The van der Waals surface area contributed by atoms with E-state index in [2.05, 4.69) is 13.5 Å². The van der Waals surface area contributed by atoms with Crippen molar-refractivity contribution in [2.45, 2.75) is 57.7 Å². The van der Waals surface area contributed by atoms with Crippen LogP contribution in [-0.2, 0) is 9.47 Å². The van der Waals surface area contributed by atoms with Gasteiger partial charge in [-0.25, -0.2) is 9.59 Å². The van der Waals surface area contributed by atoms with Gasteiger partial charge >= 0.3 is 11.9 Å². The third kappa shape index (κ3) is 7.94. The molecule has 0 aliphatic heterocycles. The molecule has 29 heavy (non-hydrogen) atoms. The minimum Gasteiger partial charge on any atom is -0.459 e. The SMILES string of the molecule is C=CCC(CC(CCCCC)OC(=O)c1ccccc1)OC(=O)c1ccccc1. The summed E-state index contributed by atoms with van der Waals surface area (Å²) in [6, 6.07) is 17.9. The van der Waals surface area contributed by atoms with Crippen LogP contribution in [0.2, 0.25) is 0 Å². The van der Waals surface area contributed by atoms with Gasteiger partial charge in [-0.1, -0.05) is 62.2 Å². The molecule has 2 aromatic rings. The summed E-state index contributed by atoms with van der Waals surface area (Å²) in [5.41, 5.74) is 1.03. The molecule has 4 nitrogen and oxygen atoms in total. The van der Waals surface area contributed by atoms with Crippen LogP contribution in [0.4, 0.5) is 0 Å². The molecular weight excluding hydrogens is 364 g/mol. The van der Waals surface area contributed by atoms with Crippen molar-refractivity contribution in [2.75, 3.05) is 0 Å². The van der Waals surface area contributed by atoms with Crippen molar-refractivity contribution in [2.24, 2.45) is 0 Å². The van der Waals surface area contributed by atoms with E-state index >= 15 is 0 Å². The predicted octanol–water partition coefficient (Wildman–Crippen LogP) is 5.98. The van der Waals surface area contributed by atoms with Crippen LogP contribution >= 0.6 is 0 Å². The fourth-order valence-electron chi connectivity index (χ4n) is 3.11. The Morgan fingerprint density at radius 2 is 1.38 bits per heavy atom. The molecule has 4 heteroatoms. The normalized spacial score (nSPS) is 12.6. The van der Waals surface area contributed by atoms with Gasteiger partial charge in [0.2, 0.25) is 0 Å². The van der Waals surface area contributed by atoms with E-state index < -0.39 is 6.10 Å². The lowest BCUT2D eigenvalue weighted by Gasteiger charge is -2.23. The zero-order valence-electron chi connectivity index (χ0n) is 17.1. The number of hydrogen-bond acceptors (Lipinski definition) is 4. The largest absolute Gasteiger partial charge is 0.459 e. The maximum Gasteiger partial charge on any atom is 0.338 e. The minimum absolute atomic E-state index is 0.317. The van der Waals surface area contributed by atoms with Gasteiger partial charge in [-0.3, -0.25) is 0 Å². The number of rotatable bonds is 12. The average Bonchev–Trinajstić information content (AvgIpc) is 2.75. The molecular formula is C25H30O4. The Bertz CT molecular complexity index is 755. The second kappa shape index (κ2) is 12.6. The number of carbonyl (C=O) groups excluding carboxylic acids is 2. The van der Waals surface area contributed by atoms with Gasteiger partial charge in [-0.15, -0.1) is 6.58 Å². The first kappa shape index (κ1) is 22.4. The van der Waals surface area contributed by atoms with Crippen molar-refractivity contribution in [3.8, 4) is 0 Å². The van der Waals surface area contributed by atoms with Crippen molar-refractivity contribution in [1.29, 1.82) is 0 Å². The molecule has 0 spiro atoms. The zero-order chi connectivity index (χ0) is 20.9. The Kier molecular flexibility index (Phi) is 9.70. The van der Waals surface area contributed by atoms with Gasteiger partial charge in [0.1, 0.15) is 12.2 Å². The van der Waals surface area contributed by atoms with Crippen LogP contribution < -0.4 is 0 Å². The zero-order valence-corrected chi connectivity index (χ0v) is 17.1. The van der Waals surface area contributed by atoms with Crippen LogP contribution in [0.3, 0.4) is 0 Å². The van der Waals surface area contributed by atoms with Gasteiger partial charge < -0.3 is 9.47 Å². The molecule has 0 bridgehead atoms. The van der Waals surface area contributed by atoms with Crippen molar-refractivity contribution in [3.63, 3.8) is 0 Å². The molecule has 2 unspecified atom stereocenters. The van der Waals surface area contributed by atoms with Crippen molar-refractivity contribution in [3.05, 3.63) is 84.4 Å². The number of hydrogen-bond donors (Lipinski definition) is 0. The third-order valence-electron chi connectivity index (χ3n) is 4.65. The molecule has 0 amide bonds. The summed E-state index contributed by atoms with van der Waals surface area (Å²) in [5.74, 6) is -0.724. The summed E-state index contributed by atoms with van der Waals surface area (Å²) in [7, 11) is 0. The molecule has 2 aromatic carbocycles. The summed E-state index contributed by atoms with van der Waals surface area (Å²) < 4.78 is 11.5. The van der Waals surface area contributed by atoms with E-state index in [-0.39, 0.29) is 18.0 Å². The fourth-order valence-corrected chi connectivity index (χ4v) is 3.11. The van der Waals surface area contributed by atoms with E-state index in [9.17, 15) is 9.59 Å². The van der Waals surface area contributed by atoms with Gasteiger partial charge in [-0.05, 0) is 37.1 Å². The molecule has 0 N–H and O–H groups in total. The fraction of sp³-hybridized carbons (Fsp3) is 0.360. The monoisotopic (exact) mass is 394 g/mol. The number of benzene rings is 2. The van der Waals surface area contributed by atoms with E-state index in [0.717, 1.165) is 25.7 Å². The summed E-state index contributed by atoms with van der Waals surface area (Å²) >= 11 is 0. The Morgan fingerprint density at radius 1 is 0.862 bits per heavy atom. The first-order valence-electron chi connectivity index (χ1n) is 10.3. The molecule has 0 aliphatic carbocycles. The quantitative estimate of drug-likeness (QED) is 0.252. The molecule has 0 aliphatic rings. The summed E-state index contributed by atoms with van der Waals surface area (Å²) in [5, 5.41) is 0. The maximum absolute atomic E-state index is 12.5. The van der Waals surface area contributed by atoms with Crippen LogP contribution in [0.5, 0.6) is 0 Å². The van der Waals surface area contributed by atoms with Gasteiger partial charge in [0.25, 0.3) is 0 Å². The lowest BCUT2D eigenvalue weighted by atomic mass is 10.0. The first-order valence-corrected chi connectivity index (χ1v) is 10.3. The van der Waals surface area contributed by atoms with Gasteiger partial charge in [0, 0.05) is 12.8 Å². The van der Waals surface area contributed by atoms with Crippen LogP contribution in [0.25, 0.3) is 0 Å². The number of ether oxygens (including phenoxy) is 2. The van der Waals surface area contributed by atoms with E-state index in [1.165, 1.54) is 0 Å².